The molecule has 0 aromatic heterocycles. The molecule has 6 heteroatoms. The van der Waals surface area contributed by atoms with Crippen LogP contribution in [-0.2, 0) is 12.1 Å². The van der Waals surface area contributed by atoms with Gasteiger partial charge in [0.25, 0.3) is 0 Å². The molecule has 0 amide bonds. The van der Waals surface area contributed by atoms with Crippen LogP contribution in [0.15, 0.2) is 36.4 Å². The van der Waals surface area contributed by atoms with E-state index in [1.807, 2.05) is 0 Å². The van der Waals surface area contributed by atoms with Crippen molar-refractivity contribution in [2.45, 2.75) is 19.0 Å². The summed E-state index contributed by atoms with van der Waals surface area (Å²) in [6, 6.07) is 8.44. The maximum atomic E-state index is 13.1. The summed E-state index contributed by atoms with van der Waals surface area (Å²) in [5, 5.41) is 0.524. The lowest BCUT2D eigenvalue weighted by Crippen LogP contribution is -2.07. The van der Waals surface area contributed by atoms with Crippen LogP contribution in [0.4, 0.5) is 13.2 Å². The molecular formula is C15H11Cl2F3O. The molecule has 0 aliphatic rings. The Morgan fingerprint density at radius 2 is 1.81 bits per heavy atom. The van der Waals surface area contributed by atoms with E-state index in [1.165, 1.54) is 18.2 Å². The first-order chi connectivity index (χ1) is 9.81. The van der Waals surface area contributed by atoms with E-state index < -0.39 is 11.7 Å². The maximum absolute atomic E-state index is 13.1. The van der Waals surface area contributed by atoms with E-state index in [-0.39, 0.29) is 11.6 Å². The molecule has 0 atom stereocenters. The highest BCUT2D eigenvalue weighted by atomic mass is 35.5. The predicted octanol–water partition coefficient (Wildman–Crippen LogP) is 6.20. The Bertz CT molecular complexity index is 654. The Kier molecular flexibility index (Phi) is 4.69. The van der Waals surface area contributed by atoms with Crippen molar-refractivity contribution in [3.8, 4) is 11.5 Å². The number of halogens is 5. The van der Waals surface area contributed by atoms with Crippen molar-refractivity contribution in [2.24, 2.45) is 0 Å². The first-order valence-electron chi connectivity index (χ1n) is 6.01. The van der Waals surface area contributed by atoms with Gasteiger partial charge in [-0.15, -0.1) is 11.6 Å². The van der Waals surface area contributed by atoms with Crippen molar-refractivity contribution < 1.29 is 17.9 Å². The highest BCUT2D eigenvalue weighted by molar-refractivity contribution is 6.31. The number of hydrogen-bond acceptors (Lipinski definition) is 1. The van der Waals surface area contributed by atoms with Gasteiger partial charge in [0.15, 0.2) is 0 Å². The van der Waals surface area contributed by atoms with E-state index in [9.17, 15) is 13.2 Å². The minimum atomic E-state index is -4.52. The molecule has 0 unspecified atom stereocenters. The Hall–Kier alpha value is -1.39. The molecule has 0 saturated carbocycles. The fraction of sp³-hybridized carbons (Fsp3) is 0.200. The smallest absolute Gasteiger partial charge is 0.419 e. The summed E-state index contributed by atoms with van der Waals surface area (Å²) in [5.41, 5.74) is 0.247. The fourth-order valence-corrected chi connectivity index (χ4v) is 2.06. The average Bonchev–Trinajstić information content (AvgIpc) is 2.42. The van der Waals surface area contributed by atoms with Gasteiger partial charge in [0.1, 0.15) is 11.5 Å². The fourth-order valence-electron chi connectivity index (χ4n) is 1.78. The first kappa shape index (κ1) is 16.0. The molecule has 0 fully saturated rings. The first-order valence-corrected chi connectivity index (χ1v) is 6.92. The minimum absolute atomic E-state index is 0.00339. The van der Waals surface area contributed by atoms with Crippen molar-refractivity contribution >= 4 is 23.2 Å². The molecule has 0 heterocycles. The lowest BCUT2D eigenvalue weighted by Gasteiger charge is -2.15. The average molecular weight is 335 g/mol. The number of hydrogen-bond donors (Lipinski definition) is 0. The maximum Gasteiger partial charge on any atom is 0.419 e. The molecule has 0 aliphatic carbocycles. The molecular weight excluding hydrogens is 324 g/mol. The molecule has 0 saturated heterocycles. The van der Waals surface area contributed by atoms with Gasteiger partial charge in [-0.3, -0.25) is 0 Å². The molecule has 1 nitrogen and oxygen atoms in total. The van der Waals surface area contributed by atoms with Crippen LogP contribution in [0, 0.1) is 6.92 Å². The number of aryl methyl sites for hydroxylation is 1. The lowest BCUT2D eigenvalue weighted by atomic mass is 10.1. The molecule has 2 aromatic carbocycles. The van der Waals surface area contributed by atoms with E-state index in [0.29, 0.717) is 16.3 Å². The van der Waals surface area contributed by atoms with Crippen LogP contribution in [0.3, 0.4) is 0 Å². The second kappa shape index (κ2) is 6.16. The van der Waals surface area contributed by atoms with Gasteiger partial charge in [0, 0.05) is 10.9 Å². The Balaban J connectivity index is 2.41. The van der Waals surface area contributed by atoms with Gasteiger partial charge in [-0.2, -0.15) is 13.2 Å². The highest BCUT2D eigenvalue weighted by Gasteiger charge is 2.34. The standard InChI is InChI=1S/C15H11Cl2F3O/c1-9-6-11(3-4-13(9)17)21-14-5-2-10(8-16)7-12(14)15(18,19)20/h2-7H,8H2,1H3. The van der Waals surface area contributed by atoms with Crippen LogP contribution in [0.2, 0.25) is 5.02 Å². The summed E-state index contributed by atoms with van der Waals surface area (Å²) in [6.45, 7) is 1.75. The highest BCUT2D eigenvalue weighted by Crippen LogP contribution is 2.39. The van der Waals surface area contributed by atoms with E-state index in [4.69, 9.17) is 27.9 Å². The van der Waals surface area contributed by atoms with Crippen LogP contribution < -0.4 is 4.74 Å². The summed E-state index contributed by atoms with van der Waals surface area (Å²) in [4.78, 5) is 0. The molecule has 0 N–H and O–H groups in total. The zero-order chi connectivity index (χ0) is 15.6. The zero-order valence-electron chi connectivity index (χ0n) is 11.0. The van der Waals surface area contributed by atoms with E-state index >= 15 is 0 Å². The molecule has 21 heavy (non-hydrogen) atoms. The molecule has 2 rings (SSSR count). The van der Waals surface area contributed by atoms with Crippen LogP contribution in [-0.4, -0.2) is 0 Å². The van der Waals surface area contributed by atoms with Crippen LogP contribution in [0.1, 0.15) is 16.7 Å². The lowest BCUT2D eigenvalue weighted by molar-refractivity contribution is -0.138. The largest absolute Gasteiger partial charge is 0.457 e. The van der Waals surface area contributed by atoms with Crippen LogP contribution >= 0.6 is 23.2 Å². The number of ether oxygens (including phenoxy) is 1. The SMILES string of the molecule is Cc1cc(Oc2ccc(CCl)cc2C(F)(F)F)ccc1Cl. The van der Waals surface area contributed by atoms with E-state index in [1.54, 1.807) is 19.1 Å². The van der Waals surface area contributed by atoms with Gasteiger partial charge in [-0.1, -0.05) is 17.7 Å². The third-order valence-corrected chi connectivity index (χ3v) is 3.59. The number of rotatable bonds is 3. The van der Waals surface area contributed by atoms with Crippen molar-refractivity contribution in [2.75, 3.05) is 0 Å². The summed E-state index contributed by atoms with van der Waals surface area (Å²) in [5.74, 6) is 0.0303. The Labute approximate surface area is 130 Å². The van der Waals surface area contributed by atoms with Crippen molar-refractivity contribution in [1.82, 2.24) is 0 Å². The third kappa shape index (κ3) is 3.83. The van der Waals surface area contributed by atoms with Gasteiger partial charge in [0.05, 0.1) is 5.56 Å². The minimum Gasteiger partial charge on any atom is -0.457 e. The van der Waals surface area contributed by atoms with Gasteiger partial charge in [-0.25, -0.2) is 0 Å². The molecule has 112 valence electrons. The van der Waals surface area contributed by atoms with Gasteiger partial charge in [0.2, 0.25) is 0 Å². The number of alkyl halides is 4. The molecule has 0 aliphatic heterocycles. The third-order valence-electron chi connectivity index (χ3n) is 2.86. The number of benzene rings is 2. The summed E-state index contributed by atoms with van der Waals surface area (Å²) >= 11 is 11.5. The quantitative estimate of drug-likeness (QED) is 0.607. The monoisotopic (exact) mass is 334 g/mol. The molecule has 0 spiro atoms. The Morgan fingerprint density at radius 1 is 1.10 bits per heavy atom. The summed E-state index contributed by atoms with van der Waals surface area (Å²) < 4.78 is 44.5. The predicted molar refractivity (Wildman–Crippen MR) is 77.3 cm³/mol. The normalized spacial score (nSPS) is 11.5. The van der Waals surface area contributed by atoms with E-state index in [0.717, 1.165) is 11.6 Å². The molecule has 0 bridgehead atoms. The molecule has 2 aromatic rings. The second-order valence-corrected chi connectivity index (χ2v) is 5.15. The zero-order valence-corrected chi connectivity index (χ0v) is 12.5. The van der Waals surface area contributed by atoms with Crippen molar-refractivity contribution in [3.63, 3.8) is 0 Å². The summed E-state index contributed by atoms with van der Waals surface area (Å²) in [7, 11) is 0. The van der Waals surface area contributed by atoms with Crippen molar-refractivity contribution in [3.05, 3.63) is 58.1 Å². The summed E-state index contributed by atoms with van der Waals surface area (Å²) in [6.07, 6.45) is -4.52. The second-order valence-electron chi connectivity index (χ2n) is 4.47. The topological polar surface area (TPSA) is 9.23 Å². The van der Waals surface area contributed by atoms with Gasteiger partial charge in [-0.05, 0) is 48.4 Å². The Morgan fingerprint density at radius 3 is 2.38 bits per heavy atom. The molecule has 0 radical (unpaired) electrons. The van der Waals surface area contributed by atoms with Crippen molar-refractivity contribution in [1.29, 1.82) is 0 Å². The van der Waals surface area contributed by atoms with E-state index in [2.05, 4.69) is 0 Å². The van der Waals surface area contributed by atoms with Crippen LogP contribution in [0.5, 0.6) is 11.5 Å². The van der Waals surface area contributed by atoms with Gasteiger partial charge >= 0.3 is 6.18 Å². The van der Waals surface area contributed by atoms with Gasteiger partial charge < -0.3 is 4.74 Å². The van der Waals surface area contributed by atoms with Crippen LogP contribution in [0.25, 0.3) is 0 Å².